The van der Waals surface area contributed by atoms with Crippen molar-refractivity contribution < 1.29 is 9.47 Å². The van der Waals surface area contributed by atoms with Gasteiger partial charge in [0.15, 0.2) is 0 Å². The lowest BCUT2D eigenvalue weighted by Gasteiger charge is -2.16. The molecule has 0 saturated carbocycles. The molecule has 7 heteroatoms. The number of hydrogen-bond acceptors (Lipinski definition) is 4. The fourth-order valence-electron chi connectivity index (χ4n) is 2.04. The van der Waals surface area contributed by atoms with E-state index in [9.17, 15) is 0 Å². The fourth-order valence-corrected chi connectivity index (χ4v) is 3.33. The number of nitrogens with zero attached hydrogens (tertiary/aromatic N) is 3. The molecule has 2 aromatic rings. The Labute approximate surface area is 140 Å². The average Bonchev–Trinajstić information content (AvgIpc) is 2.81. The Hall–Kier alpha value is -1.36. The summed E-state index contributed by atoms with van der Waals surface area (Å²) >= 11 is 3.46. The molecule has 0 N–H and O–H groups in total. The molecule has 0 saturated heterocycles. The predicted octanol–water partition coefficient (Wildman–Crippen LogP) is 3.99. The van der Waals surface area contributed by atoms with Crippen molar-refractivity contribution in [3.8, 4) is 12.1 Å². The molecule has 1 aromatic carbocycles. The molecule has 0 aliphatic rings. The van der Waals surface area contributed by atoms with Crippen LogP contribution in [0.1, 0.15) is 5.56 Å². The van der Waals surface area contributed by atoms with E-state index in [-0.39, 0.29) is 0 Å². The zero-order valence-corrected chi connectivity index (χ0v) is 15.9. The van der Waals surface area contributed by atoms with E-state index in [1.54, 1.807) is 19.2 Å². The van der Waals surface area contributed by atoms with Gasteiger partial charge in [-0.25, -0.2) is 0 Å². The third kappa shape index (κ3) is 3.88. The smallest absolute Gasteiger partial charge is 0.299 e. The minimum atomic E-state index is -1.11. The normalized spacial score (nSPS) is 11.6. The van der Waals surface area contributed by atoms with Gasteiger partial charge in [0, 0.05) is 19.2 Å². The number of imidazole rings is 1. The molecular formula is C15H20BrN3O2Si. The summed E-state index contributed by atoms with van der Waals surface area (Å²) in [4.78, 5) is 4.45. The predicted molar refractivity (Wildman–Crippen MR) is 92.8 cm³/mol. The van der Waals surface area contributed by atoms with Crippen molar-refractivity contribution in [3.63, 3.8) is 0 Å². The van der Waals surface area contributed by atoms with E-state index in [0.717, 1.165) is 28.2 Å². The topological polar surface area (TPSA) is 60.1 Å². The van der Waals surface area contributed by atoms with Crippen LogP contribution in [0.2, 0.25) is 25.7 Å². The van der Waals surface area contributed by atoms with Crippen LogP contribution in [0, 0.1) is 11.3 Å². The highest BCUT2D eigenvalue weighted by Crippen LogP contribution is 2.29. The largest absolute Gasteiger partial charge is 0.468 e. The van der Waals surface area contributed by atoms with E-state index in [0.29, 0.717) is 18.3 Å². The maximum atomic E-state index is 9.12. The van der Waals surface area contributed by atoms with Crippen LogP contribution in [-0.2, 0) is 11.5 Å². The third-order valence-corrected chi connectivity index (χ3v) is 5.61. The van der Waals surface area contributed by atoms with Gasteiger partial charge in [-0.1, -0.05) is 19.6 Å². The van der Waals surface area contributed by atoms with Gasteiger partial charge in [0.25, 0.3) is 6.01 Å². The summed E-state index contributed by atoms with van der Waals surface area (Å²) in [5.41, 5.74) is 2.17. The highest BCUT2D eigenvalue weighted by molar-refractivity contribution is 9.10. The van der Waals surface area contributed by atoms with Crippen molar-refractivity contribution >= 4 is 35.0 Å². The number of nitriles is 1. The highest BCUT2D eigenvalue weighted by Gasteiger charge is 2.16. The number of fused-ring (bicyclic) bond motifs is 1. The summed E-state index contributed by atoms with van der Waals surface area (Å²) in [5.74, 6) is 0. The van der Waals surface area contributed by atoms with E-state index < -0.39 is 8.07 Å². The minimum Gasteiger partial charge on any atom is -0.468 e. The molecule has 0 bridgehead atoms. The number of hydrogen-bond donors (Lipinski definition) is 0. The molecule has 0 unspecified atom stereocenters. The van der Waals surface area contributed by atoms with Crippen LogP contribution in [0.5, 0.6) is 6.01 Å². The van der Waals surface area contributed by atoms with E-state index in [1.165, 1.54) is 0 Å². The van der Waals surface area contributed by atoms with E-state index in [4.69, 9.17) is 14.7 Å². The highest BCUT2D eigenvalue weighted by atomic mass is 79.9. The number of rotatable bonds is 6. The Bertz CT molecular complexity index is 716. The van der Waals surface area contributed by atoms with Gasteiger partial charge < -0.3 is 9.47 Å². The molecule has 22 heavy (non-hydrogen) atoms. The first-order chi connectivity index (χ1) is 10.4. The van der Waals surface area contributed by atoms with Crippen LogP contribution in [0.3, 0.4) is 0 Å². The van der Waals surface area contributed by atoms with Crippen molar-refractivity contribution in [1.82, 2.24) is 9.55 Å². The van der Waals surface area contributed by atoms with E-state index in [2.05, 4.69) is 46.6 Å². The van der Waals surface area contributed by atoms with Gasteiger partial charge in [0.05, 0.1) is 24.3 Å². The molecule has 0 amide bonds. The van der Waals surface area contributed by atoms with Gasteiger partial charge in [0.1, 0.15) is 12.2 Å². The lowest BCUT2D eigenvalue weighted by Crippen LogP contribution is -2.22. The first kappa shape index (κ1) is 17.0. The summed E-state index contributed by atoms with van der Waals surface area (Å²) in [6, 6.07) is 7.30. The molecule has 1 heterocycles. The van der Waals surface area contributed by atoms with Crippen molar-refractivity contribution in [2.45, 2.75) is 32.4 Å². The fraction of sp³-hybridized carbons (Fsp3) is 0.467. The summed E-state index contributed by atoms with van der Waals surface area (Å²) < 4.78 is 13.8. The SMILES string of the molecule is COc1nc2c(Br)cc(C#N)cc2n1COCC[Si](C)(C)C. The molecule has 5 nitrogen and oxygen atoms in total. The van der Waals surface area contributed by atoms with Crippen LogP contribution >= 0.6 is 15.9 Å². The van der Waals surface area contributed by atoms with Crippen molar-refractivity contribution in [1.29, 1.82) is 5.26 Å². The molecule has 0 fully saturated rings. The zero-order valence-electron chi connectivity index (χ0n) is 13.3. The van der Waals surface area contributed by atoms with Crippen LogP contribution in [0.4, 0.5) is 0 Å². The second kappa shape index (κ2) is 6.81. The summed E-state index contributed by atoms with van der Waals surface area (Å²) in [6.07, 6.45) is 0. The molecule has 0 aliphatic carbocycles. The number of aromatic nitrogens is 2. The lowest BCUT2D eigenvalue weighted by atomic mass is 10.2. The number of ether oxygens (including phenoxy) is 2. The van der Waals surface area contributed by atoms with Crippen molar-refractivity contribution in [2.75, 3.05) is 13.7 Å². The molecule has 0 atom stereocenters. The van der Waals surface area contributed by atoms with E-state index >= 15 is 0 Å². The minimum absolute atomic E-state index is 0.367. The number of halogens is 1. The molecule has 0 spiro atoms. The molecule has 118 valence electrons. The Kier molecular flexibility index (Phi) is 5.27. The third-order valence-electron chi connectivity index (χ3n) is 3.30. The second-order valence-electron chi connectivity index (χ2n) is 6.31. The molecule has 0 aliphatic heterocycles. The van der Waals surface area contributed by atoms with Crippen LogP contribution < -0.4 is 4.74 Å². The maximum Gasteiger partial charge on any atom is 0.299 e. The Balaban J connectivity index is 2.27. The molecular weight excluding hydrogens is 362 g/mol. The van der Waals surface area contributed by atoms with Gasteiger partial charge in [-0.2, -0.15) is 10.2 Å². The Morgan fingerprint density at radius 2 is 2.09 bits per heavy atom. The van der Waals surface area contributed by atoms with Gasteiger partial charge in [-0.3, -0.25) is 4.57 Å². The Morgan fingerprint density at radius 1 is 1.36 bits per heavy atom. The first-order valence-electron chi connectivity index (χ1n) is 7.07. The quantitative estimate of drug-likeness (QED) is 0.560. The van der Waals surface area contributed by atoms with Gasteiger partial charge in [-0.15, -0.1) is 0 Å². The van der Waals surface area contributed by atoms with Gasteiger partial charge in [0.2, 0.25) is 0 Å². The second-order valence-corrected chi connectivity index (χ2v) is 12.8. The standard InChI is InChI=1S/C15H20BrN3O2Si/c1-20-15-18-14-12(16)7-11(9-17)8-13(14)19(15)10-21-5-6-22(2,3)4/h7-8H,5-6,10H2,1-4H3. The van der Waals surface area contributed by atoms with Crippen LogP contribution in [-0.4, -0.2) is 31.3 Å². The number of methoxy groups -OCH3 is 1. The lowest BCUT2D eigenvalue weighted by molar-refractivity contribution is 0.0837. The molecule has 1 aromatic heterocycles. The zero-order chi connectivity index (χ0) is 16.3. The summed E-state index contributed by atoms with van der Waals surface area (Å²) in [6.45, 7) is 8.04. The Morgan fingerprint density at radius 3 is 2.68 bits per heavy atom. The summed E-state index contributed by atoms with van der Waals surface area (Å²) in [7, 11) is 0.472. The van der Waals surface area contributed by atoms with E-state index in [1.807, 2.05) is 4.57 Å². The van der Waals surface area contributed by atoms with Crippen LogP contribution in [0.25, 0.3) is 11.0 Å². The van der Waals surface area contributed by atoms with Crippen molar-refractivity contribution in [3.05, 3.63) is 22.2 Å². The average molecular weight is 382 g/mol. The van der Waals surface area contributed by atoms with Gasteiger partial charge in [-0.05, 0) is 34.1 Å². The van der Waals surface area contributed by atoms with Crippen LogP contribution in [0.15, 0.2) is 16.6 Å². The molecule has 0 radical (unpaired) electrons. The maximum absolute atomic E-state index is 9.12. The number of benzene rings is 1. The summed E-state index contributed by atoms with van der Waals surface area (Å²) in [5, 5.41) is 9.12. The monoisotopic (exact) mass is 381 g/mol. The first-order valence-corrected chi connectivity index (χ1v) is 11.6. The van der Waals surface area contributed by atoms with Crippen molar-refractivity contribution in [2.24, 2.45) is 0 Å². The van der Waals surface area contributed by atoms with Gasteiger partial charge >= 0.3 is 0 Å². The molecule has 2 rings (SSSR count).